The Morgan fingerprint density at radius 1 is 1.64 bits per heavy atom. The third-order valence-corrected chi connectivity index (χ3v) is 2.55. The zero-order valence-corrected chi connectivity index (χ0v) is 9.72. The number of Topliss-reactive ketones (excluding diaryl/α,β-unsaturated/α-hetero) is 1. The third-order valence-electron chi connectivity index (χ3n) is 1.69. The van der Waals surface area contributed by atoms with Crippen molar-refractivity contribution < 1.29 is 14.6 Å². The van der Waals surface area contributed by atoms with Gasteiger partial charge in [-0.05, 0) is 28.1 Å². The molecular weight excluding hydrogens is 271 g/mol. The van der Waals surface area contributed by atoms with Gasteiger partial charge in [-0.1, -0.05) is 0 Å². The van der Waals surface area contributed by atoms with Crippen LogP contribution in [0.2, 0.25) is 0 Å². The summed E-state index contributed by atoms with van der Waals surface area (Å²) in [6.07, 6.45) is 0. The van der Waals surface area contributed by atoms with Crippen LogP contribution < -0.4 is 4.74 Å². The molecule has 0 aliphatic heterocycles. The number of phenols is 1. The van der Waals surface area contributed by atoms with Crippen molar-refractivity contribution in [2.24, 2.45) is 0 Å². The van der Waals surface area contributed by atoms with Gasteiger partial charge in [0.15, 0.2) is 5.78 Å². The average Bonchev–Trinajstić information content (AvgIpc) is 2.17. The van der Waals surface area contributed by atoms with Crippen molar-refractivity contribution in [1.29, 1.82) is 0 Å². The van der Waals surface area contributed by atoms with Crippen molar-refractivity contribution >= 4 is 33.3 Å². The topological polar surface area (TPSA) is 46.5 Å². The molecule has 1 rings (SSSR count). The minimum atomic E-state index is -0.338. The minimum absolute atomic E-state index is 0.108. The predicted molar refractivity (Wildman–Crippen MR) is 57.4 cm³/mol. The number of ether oxygens (including phenoxy) is 1. The van der Waals surface area contributed by atoms with Gasteiger partial charge in [0, 0.05) is 0 Å². The van der Waals surface area contributed by atoms with Crippen LogP contribution >= 0.6 is 27.5 Å². The Balaban J connectivity index is 3.24. The number of carbonyl (C=O) groups is 1. The summed E-state index contributed by atoms with van der Waals surface area (Å²) in [5.74, 6) is -0.132. The smallest absolute Gasteiger partial charge is 0.181 e. The van der Waals surface area contributed by atoms with Gasteiger partial charge in [-0.25, -0.2) is 0 Å². The molecule has 0 aliphatic carbocycles. The van der Waals surface area contributed by atoms with Crippen LogP contribution in [0.4, 0.5) is 0 Å². The lowest BCUT2D eigenvalue weighted by molar-refractivity contribution is 0.101. The molecule has 0 spiro atoms. The van der Waals surface area contributed by atoms with E-state index in [1.807, 2.05) is 0 Å². The summed E-state index contributed by atoms with van der Waals surface area (Å²) in [7, 11) is 1.48. The van der Waals surface area contributed by atoms with Crippen LogP contribution in [0.1, 0.15) is 10.4 Å². The van der Waals surface area contributed by atoms with Gasteiger partial charge >= 0.3 is 0 Å². The zero-order valence-electron chi connectivity index (χ0n) is 7.38. The number of alkyl halides is 1. The van der Waals surface area contributed by atoms with E-state index in [4.69, 9.17) is 16.3 Å². The molecule has 0 fully saturated rings. The number of rotatable bonds is 3. The van der Waals surface area contributed by atoms with E-state index in [-0.39, 0.29) is 23.0 Å². The largest absolute Gasteiger partial charge is 0.507 e. The Kier molecular flexibility index (Phi) is 3.77. The van der Waals surface area contributed by atoms with Crippen LogP contribution in [0.25, 0.3) is 0 Å². The summed E-state index contributed by atoms with van der Waals surface area (Å²) in [6, 6.07) is 2.85. The van der Waals surface area contributed by atoms with Gasteiger partial charge in [0.1, 0.15) is 11.5 Å². The second kappa shape index (κ2) is 4.66. The Morgan fingerprint density at radius 2 is 2.29 bits per heavy atom. The lowest BCUT2D eigenvalue weighted by Gasteiger charge is -2.07. The standard InChI is InChI=1S/C9H8BrClO3/c1-14-9-2-5(8(13)4-11)7(12)3-6(9)10/h2-3,12H,4H2,1H3. The number of phenolic OH excluding ortho intramolecular Hbond substituents is 1. The predicted octanol–water partition coefficient (Wildman–Crippen LogP) is 2.58. The second-order valence-electron chi connectivity index (χ2n) is 2.56. The van der Waals surface area contributed by atoms with Crippen molar-refractivity contribution in [3.05, 3.63) is 22.2 Å². The molecule has 1 aromatic rings. The zero-order chi connectivity index (χ0) is 10.7. The highest BCUT2D eigenvalue weighted by Gasteiger charge is 2.13. The lowest BCUT2D eigenvalue weighted by Crippen LogP contribution is -2.01. The highest BCUT2D eigenvalue weighted by atomic mass is 79.9. The lowest BCUT2D eigenvalue weighted by atomic mass is 10.1. The first kappa shape index (κ1) is 11.3. The molecule has 0 aromatic heterocycles. The van der Waals surface area contributed by atoms with Crippen LogP contribution in [0.3, 0.4) is 0 Å². The number of hydrogen-bond acceptors (Lipinski definition) is 3. The molecule has 1 N–H and O–H groups in total. The monoisotopic (exact) mass is 278 g/mol. The van der Waals surface area contributed by atoms with Crippen molar-refractivity contribution in [1.82, 2.24) is 0 Å². The molecule has 0 radical (unpaired) electrons. The number of aromatic hydroxyl groups is 1. The molecular formula is C9H8BrClO3. The van der Waals surface area contributed by atoms with E-state index in [0.717, 1.165) is 0 Å². The van der Waals surface area contributed by atoms with Crippen molar-refractivity contribution in [2.45, 2.75) is 0 Å². The molecule has 0 bridgehead atoms. The summed E-state index contributed by atoms with van der Waals surface area (Å²) < 4.78 is 5.57. The first-order valence-corrected chi connectivity index (χ1v) is 5.08. The third kappa shape index (κ3) is 2.19. The molecule has 0 amide bonds. The molecule has 0 heterocycles. The fourth-order valence-electron chi connectivity index (χ4n) is 0.995. The van der Waals surface area contributed by atoms with Gasteiger partial charge in [0.05, 0.1) is 23.0 Å². The summed E-state index contributed by atoms with van der Waals surface area (Å²) >= 11 is 8.56. The maximum absolute atomic E-state index is 11.3. The van der Waals surface area contributed by atoms with E-state index in [2.05, 4.69) is 15.9 Å². The highest BCUT2D eigenvalue weighted by molar-refractivity contribution is 9.10. The summed E-state index contributed by atoms with van der Waals surface area (Å²) in [5, 5.41) is 9.45. The van der Waals surface area contributed by atoms with E-state index in [1.54, 1.807) is 0 Å². The van der Waals surface area contributed by atoms with Gasteiger partial charge in [-0.2, -0.15) is 0 Å². The molecule has 5 heteroatoms. The minimum Gasteiger partial charge on any atom is -0.507 e. The Hall–Kier alpha value is -0.740. The Morgan fingerprint density at radius 3 is 2.79 bits per heavy atom. The van der Waals surface area contributed by atoms with E-state index in [0.29, 0.717) is 10.2 Å². The number of ketones is 1. The van der Waals surface area contributed by atoms with E-state index >= 15 is 0 Å². The maximum Gasteiger partial charge on any atom is 0.181 e. The molecule has 0 saturated heterocycles. The molecule has 0 aliphatic rings. The summed E-state index contributed by atoms with van der Waals surface area (Å²) in [4.78, 5) is 11.3. The molecule has 14 heavy (non-hydrogen) atoms. The average molecular weight is 280 g/mol. The number of hydrogen-bond donors (Lipinski definition) is 1. The van der Waals surface area contributed by atoms with Gasteiger partial charge < -0.3 is 9.84 Å². The van der Waals surface area contributed by atoms with Crippen LogP contribution in [-0.2, 0) is 0 Å². The van der Waals surface area contributed by atoms with Crippen LogP contribution in [-0.4, -0.2) is 23.9 Å². The summed E-state index contributed by atoms with van der Waals surface area (Å²) in [5.41, 5.74) is 0.167. The van der Waals surface area contributed by atoms with Crippen LogP contribution in [0.15, 0.2) is 16.6 Å². The van der Waals surface area contributed by atoms with Gasteiger partial charge in [-0.3, -0.25) is 4.79 Å². The van der Waals surface area contributed by atoms with E-state index in [9.17, 15) is 9.90 Å². The number of carbonyl (C=O) groups excluding carboxylic acids is 1. The molecule has 3 nitrogen and oxygen atoms in total. The van der Waals surface area contributed by atoms with Gasteiger partial charge in [0.25, 0.3) is 0 Å². The molecule has 1 aromatic carbocycles. The molecule has 0 saturated carbocycles. The normalized spacial score (nSPS) is 9.93. The van der Waals surface area contributed by atoms with E-state index < -0.39 is 0 Å². The van der Waals surface area contributed by atoms with Crippen LogP contribution in [0.5, 0.6) is 11.5 Å². The summed E-state index contributed by atoms with van der Waals surface area (Å²) in [6.45, 7) is 0. The molecule has 76 valence electrons. The first-order chi connectivity index (χ1) is 6.60. The Bertz CT molecular complexity index is 365. The van der Waals surface area contributed by atoms with Crippen molar-refractivity contribution in [2.75, 3.05) is 13.0 Å². The molecule has 0 atom stereocenters. The van der Waals surface area contributed by atoms with E-state index in [1.165, 1.54) is 19.2 Å². The first-order valence-electron chi connectivity index (χ1n) is 3.75. The number of methoxy groups -OCH3 is 1. The second-order valence-corrected chi connectivity index (χ2v) is 3.68. The fraction of sp³-hybridized carbons (Fsp3) is 0.222. The van der Waals surface area contributed by atoms with Crippen molar-refractivity contribution in [3.8, 4) is 11.5 Å². The Labute approximate surface area is 94.8 Å². The quantitative estimate of drug-likeness (QED) is 0.683. The highest BCUT2D eigenvalue weighted by Crippen LogP contribution is 2.32. The fourth-order valence-corrected chi connectivity index (χ4v) is 1.63. The van der Waals surface area contributed by atoms with Gasteiger partial charge in [-0.15, -0.1) is 11.6 Å². The SMILES string of the molecule is COc1cc(C(=O)CCl)c(O)cc1Br. The van der Waals surface area contributed by atoms with Crippen molar-refractivity contribution in [3.63, 3.8) is 0 Å². The number of halogens is 2. The van der Waals surface area contributed by atoms with Gasteiger partial charge in [0.2, 0.25) is 0 Å². The molecule has 0 unspecified atom stereocenters. The number of benzene rings is 1. The maximum atomic E-state index is 11.3. The van der Waals surface area contributed by atoms with Crippen LogP contribution in [0, 0.1) is 0 Å².